The van der Waals surface area contributed by atoms with Gasteiger partial charge in [0.05, 0.1) is 11.7 Å². The number of benzene rings is 1. The summed E-state index contributed by atoms with van der Waals surface area (Å²) in [5.74, 6) is -1.28. The van der Waals surface area contributed by atoms with Crippen LogP contribution in [0.5, 0.6) is 0 Å². The van der Waals surface area contributed by atoms with Crippen LogP contribution in [-0.4, -0.2) is 62.2 Å². The number of carbonyl (C=O) groups excluding carboxylic acids is 2. The fourth-order valence-electron chi connectivity index (χ4n) is 8.15. The lowest BCUT2D eigenvalue weighted by atomic mass is 9.39. The number of rotatable bonds is 6. The Morgan fingerprint density at radius 1 is 1.21 bits per heavy atom. The number of Topliss-reactive ketones (excluding diaryl/α,β-unsaturated/α-hetero) is 1. The first kappa shape index (κ1) is 30.9. The van der Waals surface area contributed by atoms with E-state index in [9.17, 15) is 19.8 Å². The van der Waals surface area contributed by atoms with Gasteiger partial charge >= 0.3 is 5.97 Å². The van der Waals surface area contributed by atoms with Crippen molar-refractivity contribution in [1.29, 1.82) is 0 Å². The van der Waals surface area contributed by atoms with Crippen LogP contribution in [0.4, 0.5) is 0 Å². The summed E-state index contributed by atoms with van der Waals surface area (Å²) in [6, 6.07) is 8.98. The number of aliphatic hydroxyl groups excluding tert-OH is 1. The summed E-state index contributed by atoms with van der Waals surface area (Å²) in [6.07, 6.45) is -0.820. The van der Waals surface area contributed by atoms with Gasteiger partial charge in [-0.25, -0.2) is 0 Å². The van der Waals surface area contributed by atoms with Crippen molar-refractivity contribution in [2.24, 2.45) is 16.7 Å². The van der Waals surface area contributed by atoms with Gasteiger partial charge < -0.3 is 28.9 Å². The van der Waals surface area contributed by atoms with Crippen LogP contribution in [0.2, 0.25) is 5.02 Å². The Kier molecular flexibility index (Phi) is 7.55. The molecule has 0 radical (unpaired) electrons. The monoisotopic (exact) mass is 601 g/mol. The van der Waals surface area contributed by atoms with Gasteiger partial charge in [0, 0.05) is 41.3 Å². The van der Waals surface area contributed by atoms with E-state index in [0.29, 0.717) is 29.3 Å². The molecule has 2 N–H and O–H groups in total. The van der Waals surface area contributed by atoms with Crippen LogP contribution in [0.15, 0.2) is 47.5 Å². The lowest BCUT2D eigenvalue weighted by Crippen LogP contribution is -2.86. The second-order valence-corrected chi connectivity index (χ2v) is 13.8. The van der Waals surface area contributed by atoms with E-state index in [1.165, 1.54) is 19.9 Å². The normalized spacial score (nSPS) is 39.2. The molecule has 0 bridgehead atoms. The largest absolute Gasteiger partial charge is 0.459 e. The molecule has 2 saturated carbocycles. The van der Waals surface area contributed by atoms with Gasteiger partial charge in [0.2, 0.25) is 0 Å². The Labute approximate surface area is 251 Å². The number of hydrogen-bond acceptors (Lipinski definition) is 9. The van der Waals surface area contributed by atoms with Crippen molar-refractivity contribution in [3.8, 4) is 11.3 Å². The number of carbonyl (C=O) groups is 2. The number of ether oxygens (including phenoxy) is 3. The van der Waals surface area contributed by atoms with E-state index in [4.69, 9.17) is 30.3 Å². The molecular formula is C32H40ClNO8. The van der Waals surface area contributed by atoms with Gasteiger partial charge in [-0.1, -0.05) is 55.7 Å². The summed E-state index contributed by atoms with van der Waals surface area (Å²) in [4.78, 5) is 26.6. The molecule has 8 atom stereocenters. The molecule has 0 amide bonds. The molecule has 2 aliphatic carbocycles. The van der Waals surface area contributed by atoms with Gasteiger partial charge in [-0.3, -0.25) is 9.59 Å². The molecule has 9 nitrogen and oxygen atoms in total. The van der Waals surface area contributed by atoms with Gasteiger partial charge in [0.15, 0.2) is 17.1 Å². The molecular weight excluding hydrogens is 562 g/mol. The zero-order valence-electron chi connectivity index (χ0n) is 25.0. The van der Waals surface area contributed by atoms with E-state index >= 15 is 0 Å². The van der Waals surface area contributed by atoms with Crippen molar-refractivity contribution in [2.75, 3.05) is 0 Å². The average Bonchev–Trinajstić information content (AvgIpc) is 3.38. The van der Waals surface area contributed by atoms with Crippen LogP contribution in [0.25, 0.3) is 11.3 Å². The Morgan fingerprint density at radius 3 is 2.50 bits per heavy atom. The molecule has 3 aliphatic rings. The van der Waals surface area contributed by atoms with Crippen molar-refractivity contribution in [3.05, 3.63) is 53.8 Å². The van der Waals surface area contributed by atoms with Crippen LogP contribution in [0.3, 0.4) is 0 Å². The minimum atomic E-state index is -2.19. The van der Waals surface area contributed by atoms with E-state index in [0.717, 1.165) is 5.56 Å². The minimum absolute atomic E-state index is 0.0149. The molecule has 5 rings (SSSR count). The fourth-order valence-corrected chi connectivity index (χ4v) is 8.28. The van der Waals surface area contributed by atoms with Crippen LogP contribution in [0, 0.1) is 16.7 Å². The Bertz CT molecular complexity index is 1390. The topological polar surface area (TPSA) is 128 Å². The second kappa shape index (κ2) is 10.3. The highest BCUT2D eigenvalue weighted by atomic mass is 35.5. The van der Waals surface area contributed by atoms with E-state index in [2.05, 4.69) is 11.7 Å². The van der Waals surface area contributed by atoms with E-state index in [1.54, 1.807) is 32.0 Å². The third-order valence-corrected chi connectivity index (χ3v) is 10.4. The van der Waals surface area contributed by atoms with Gasteiger partial charge in [0.25, 0.3) is 0 Å². The van der Waals surface area contributed by atoms with Crippen molar-refractivity contribution < 1.29 is 38.5 Å². The SMILES string of the molecule is C=C[C@@]1(C)CC(=O)[C@]2(O)[C@@]3(C)[C@@H](OCc4cc(-c5ccc(Cl)cc5)no4)CCC(C)(C)[C@@H]3[C@H](OC(C)=O)[C@H](O)[C@@]2(C)O1. The summed E-state index contributed by atoms with van der Waals surface area (Å²) < 4.78 is 24.4. The zero-order valence-corrected chi connectivity index (χ0v) is 25.7. The molecule has 1 aromatic carbocycles. The standard InChI is InChI=1S/C32H40ClNO8/c1-8-29(5)16-23(36)32(38)30(6)24(39-17-21-15-22(34-41-21)19-9-11-20(33)12-10-19)13-14-28(3,4)26(30)25(40-18(2)35)27(37)31(32,7)42-29/h8-12,15,24-27,37-38H,1,13-14,16-17H2,2-7H3/t24-,25-,26-,27-,29-,30-,31+,32-/m0/s1. The molecule has 42 heavy (non-hydrogen) atoms. The van der Waals surface area contributed by atoms with Crippen LogP contribution >= 0.6 is 11.6 Å². The molecule has 0 unspecified atom stereocenters. The molecule has 228 valence electrons. The maximum atomic E-state index is 14.2. The Hall–Kier alpha value is -2.56. The molecule has 2 heterocycles. The van der Waals surface area contributed by atoms with Gasteiger partial charge in [-0.15, -0.1) is 6.58 Å². The highest BCUT2D eigenvalue weighted by Gasteiger charge is 2.81. The number of hydrogen-bond donors (Lipinski definition) is 2. The number of aliphatic hydroxyl groups is 2. The number of aromatic nitrogens is 1. The first-order chi connectivity index (χ1) is 19.5. The molecule has 3 fully saturated rings. The molecule has 2 aromatic rings. The van der Waals surface area contributed by atoms with Gasteiger partial charge in [0.1, 0.15) is 30.1 Å². The van der Waals surface area contributed by atoms with Crippen molar-refractivity contribution in [3.63, 3.8) is 0 Å². The van der Waals surface area contributed by atoms with Gasteiger partial charge in [-0.2, -0.15) is 0 Å². The quantitative estimate of drug-likeness (QED) is 0.345. The third-order valence-electron chi connectivity index (χ3n) is 10.1. The van der Waals surface area contributed by atoms with Gasteiger partial charge in [-0.05, 0) is 44.2 Å². The highest BCUT2D eigenvalue weighted by molar-refractivity contribution is 6.30. The summed E-state index contributed by atoms with van der Waals surface area (Å²) in [5.41, 5.74) is -5.66. The Morgan fingerprint density at radius 2 is 1.88 bits per heavy atom. The molecule has 10 heteroatoms. The molecule has 1 aliphatic heterocycles. The minimum Gasteiger partial charge on any atom is -0.459 e. The first-order valence-corrected chi connectivity index (χ1v) is 14.7. The number of fused-ring (bicyclic) bond motifs is 3. The van der Waals surface area contributed by atoms with Crippen LogP contribution in [0.1, 0.15) is 66.6 Å². The van der Waals surface area contributed by atoms with E-state index in [1.807, 2.05) is 26.0 Å². The average molecular weight is 602 g/mol. The lowest BCUT2D eigenvalue weighted by molar-refractivity contribution is -0.373. The predicted octanol–water partition coefficient (Wildman–Crippen LogP) is 5.05. The van der Waals surface area contributed by atoms with Crippen molar-refractivity contribution >= 4 is 23.4 Å². The maximum Gasteiger partial charge on any atom is 0.303 e. The summed E-state index contributed by atoms with van der Waals surface area (Å²) in [5, 5.41) is 29.4. The molecule has 1 aromatic heterocycles. The summed E-state index contributed by atoms with van der Waals surface area (Å²) >= 11 is 6.01. The fraction of sp³-hybridized carbons (Fsp3) is 0.594. The molecule has 0 spiro atoms. The van der Waals surface area contributed by atoms with Crippen LogP contribution in [-0.2, 0) is 30.4 Å². The number of ketones is 1. The van der Waals surface area contributed by atoms with Crippen molar-refractivity contribution in [1.82, 2.24) is 5.16 Å². The summed E-state index contributed by atoms with van der Waals surface area (Å²) in [7, 11) is 0. The Balaban J connectivity index is 1.57. The van der Waals surface area contributed by atoms with E-state index < -0.39 is 63.6 Å². The number of nitrogens with zero attached hydrogens (tertiary/aromatic N) is 1. The zero-order chi connectivity index (χ0) is 30.9. The maximum absolute atomic E-state index is 14.2. The van der Waals surface area contributed by atoms with E-state index in [-0.39, 0.29) is 13.0 Å². The lowest BCUT2D eigenvalue weighted by Gasteiger charge is -2.71. The number of esters is 1. The smallest absolute Gasteiger partial charge is 0.303 e. The molecule has 1 saturated heterocycles. The predicted molar refractivity (Wildman–Crippen MR) is 154 cm³/mol. The second-order valence-electron chi connectivity index (χ2n) is 13.3. The highest BCUT2D eigenvalue weighted by Crippen LogP contribution is 2.67. The third kappa shape index (κ3) is 4.47. The van der Waals surface area contributed by atoms with Crippen LogP contribution < -0.4 is 0 Å². The first-order valence-electron chi connectivity index (χ1n) is 14.3. The van der Waals surface area contributed by atoms with Crippen molar-refractivity contribution in [2.45, 2.75) is 103 Å². The number of halogens is 1. The summed E-state index contributed by atoms with van der Waals surface area (Å²) in [6.45, 7) is 14.1.